The van der Waals surface area contributed by atoms with E-state index in [1.165, 1.54) is 77.5 Å². The van der Waals surface area contributed by atoms with Gasteiger partial charge in [-0.05, 0) is 97.4 Å². The van der Waals surface area contributed by atoms with E-state index < -0.39 is 0 Å². The van der Waals surface area contributed by atoms with Crippen LogP contribution in [-0.2, 0) is 0 Å². The van der Waals surface area contributed by atoms with Gasteiger partial charge in [0.2, 0.25) is 0 Å². The van der Waals surface area contributed by atoms with Gasteiger partial charge in [-0.15, -0.1) is 0 Å². The maximum absolute atomic E-state index is 2.36. The lowest BCUT2D eigenvalue weighted by Crippen LogP contribution is -1.91. The maximum Gasteiger partial charge on any atom is -0.00201 e. The Morgan fingerprint density at radius 2 is 0.833 bits per heavy atom. The van der Waals surface area contributed by atoms with E-state index in [0.717, 1.165) is 0 Å². The molecule has 6 aromatic carbocycles. The van der Waals surface area contributed by atoms with Crippen LogP contribution in [-0.4, -0.2) is 0 Å². The van der Waals surface area contributed by atoms with Crippen molar-refractivity contribution in [2.45, 2.75) is 13.8 Å². The molecule has 0 atom stereocenters. The molecule has 0 unspecified atom stereocenters. The lowest BCUT2D eigenvalue weighted by atomic mass is 9.89. The molecule has 0 aliphatic heterocycles. The van der Waals surface area contributed by atoms with Gasteiger partial charge in [-0.25, -0.2) is 0 Å². The summed E-state index contributed by atoms with van der Waals surface area (Å²) in [5.41, 5.74) is 15.7. The summed E-state index contributed by atoms with van der Waals surface area (Å²) in [6.45, 7) is 4.44. The Labute approximate surface area is 212 Å². The molecule has 0 heterocycles. The maximum atomic E-state index is 2.36. The van der Waals surface area contributed by atoms with Gasteiger partial charge in [0.05, 0.1) is 0 Å². The van der Waals surface area contributed by atoms with E-state index >= 15 is 0 Å². The van der Waals surface area contributed by atoms with Crippen LogP contribution in [0.5, 0.6) is 0 Å². The predicted octanol–water partition coefficient (Wildman–Crippen LogP) is 10.1. The normalized spacial score (nSPS) is 11.6. The van der Waals surface area contributed by atoms with Crippen LogP contribution in [0.1, 0.15) is 11.1 Å². The van der Waals surface area contributed by atoms with Crippen LogP contribution in [0.4, 0.5) is 0 Å². The third-order valence-electron chi connectivity index (χ3n) is 7.69. The molecule has 0 aromatic heterocycles. The average Bonchev–Trinajstić information content (AvgIpc) is 3.26. The average molecular weight is 459 g/mol. The van der Waals surface area contributed by atoms with E-state index in [4.69, 9.17) is 0 Å². The Balaban J connectivity index is 1.36. The highest BCUT2D eigenvalue weighted by Gasteiger charge is 2.22. The predicted molar refractivity (Wildman–Crippen MR) is 154 cm³/mol. The molecular weight excluding hydrogens is 432 g/mol. The van der Waals surface area contributed by atoms with E-state index in [2.05, 4.69) is 135 Å². The van der Waals surface area contributed by atoms with Gasteiger partial charge < -0.3 is 0 Å². The summed E-state index contributed by atoms with van der Waals surface area (Å²) in [7, 11) is 0. The molecule has 0 bridgehead atoms. The molecule has 0 spiro atoms. The second-order valence-corrected chi connectivity index (χ2v) is 9.86. The highest BCUT2D eigenvalue weighted by Crippen LogP contribution is 2.49. The number of fused-ring (bicyclic) bond motifs is 3. The first-order valence-electron chi connectivity index (χ1n) is 12.6. The summed E-state index contributed by atoms with van der Waals surface area (Å²) >= 11 is 0. The molecule has 0 saturated carbocycles. The van der Waals surface area contributed by atoms with Crippen molar-refractivity contribution in [1.29, 1.82) is 0 Å². The van der Waals surface area contributed by atoms with E-state index in [1.54, 1.807) is 0 Å². The molecule has 36 heavy (non-hydrogen) atoms. The molecule has 0 N–H and O–H groups in total. The zero-order chi connectivity index (χ0) is 24.2. The lowest BCUT2D eigenvalue weighted by Gasteiger charge is -2.15. The van der Waals surface area contributed by atoms with Crippen molar-refractivity contribution in [2.75, 3.05) is 0 Å². The summed E-state index contributed by atoms with van der Waals surface area (Å²) in [5.74, 6) is 0. The SMILES string of the molecule is Cc1cc(-c2cccc(-c3ccc4c5c(cccc35)-c3ccccc3-4)c2)c(C)cc1-c1ccccc1. The Morgan fingerprint density at radius 1 is 0.333 bits per heavy atom. The zero-order valence-corrected chi connectivity index (χ0v) is 20.5. The molecule has 7 rings (SSSR count). The van der Waals surface area contributed by atoms with Crippen molar-refractivity contribution in [3.8, 4) is 55.6 Å². The van der Waals surface area contributed by atoms with Crippen molar-refractivity contribution in [3.05, 3.63) is 132 Å². The Morgan fingerprint density at radius 3 is 1.56 bits per heavy atom. The van der Waals surface area contributed by atoms with Crippen molar-refractivity contribution in [3.63, 3.8) is 0 Å². The monoisotopic (exact) mass is 458 g/mol. The topological polar surface area (TPSA) is 0 Å². The van der Waals surface area contributed by atoms with Gasteiger partial charge in [0, 0.05) is 0 Å². The van der Waals surface area contributed by atoms with Crippen LogP contribution in [0.3, 0.4) is 0 Å². The van der Waals surface area contributed by atoms with Crippen molar-refractivity contribution in [2.24, 2.45) is 0 Å². The van der Waals surface area contributed by atoms with E-state index in [-0.39, 0.29) is 0 Å². The van der Waals surface area contributed by atoms with Crippen LogP contribution in [0.25, 0.3) is 66.4 Å². The van der Waals surface area contributed by atoms with Crippen LogP contribution < -0.4 is 0 Å². The molecule has 0 radical (unpaired) electrons. The van der Waals surface area contributed by atoms with Gasteiger partial charge in [0.15, 0.2) is 0 Å². The minimum atomic E-state index is 1.26. The molecule has 1 aliphatic rings. The van der Waals surface area contributed by atoms with Crippen LogP contribution in [0.15, 0.2) is 121 Å². The van der Waals surface area contributed by atoms with Gasteiger partial charge in [-0.2, -0.15) is 0 Å². The van der Waals surface area contributed by atoms with Gasteiger partial charge >= 0.3 is 0 Å². The number of benzene rings is 6. The lowest BCUT2D eigenvalue weighted by molar-refractivity contribution is 1.39. The van der Waals surface area contributed by atoms with Crippen LogP contribution in [0, 0.1) is 13.8 Å². The number of aryl methyl sites for hydroxylation is 2. The fourth-order valence-electron chi connectivity index (χ4n) is 5.97. The Hall–Kier alpha value is -4.42. The molecule has 0 amide bonds. The summed E-state index contributed by atoms with van der Waals surface area (Å²) in [6.07, 6.45) is 0. The van der Waals surface area contributed by atoms with Gasteiger partial charge in [0.25, 0.3) is 0 Å². The third kappa shape index (κ3) is 3.15. The second kappa shape index (κ2) is 8.07. The summed E-state index contributed by atoms with van der Waals surface area (Å²) in [4.78, 5) is 0. The van der Waals surface area contributed by atoms with Gasteiger partial charge in [-0.3, -0.25) is 0 Å². The standard InChI is InChI=1S/C36H26/c1-23-21-35(24(2)20-34(23)25-10-4-3-5-11-25)27-13-8-12-26(22-27)28-18-19-33-30-15-7-6-14-29(30)32-17-9-16-31(28)36(32)33/h3-22H,1-2H3. The number of hydrogen-bond donors (Lipinski definition) is 0. The first-order valence-corrected chi connectivity index (χ1v) is 12.6. The van der Waals surface area contributed by atoms with Gasteiger partial charge in [-0.1, -0.05) is 115 Å². The van der Waals surface area contributed by atoms with Crippen LogP contribution in [0.2, 0.25) is 0 Å². The molecule has 6 aromatic rings. The summed E-state index contributed by atoms with van der Waals surface area (Å²) < 4.78 is 0. The molecule has 0 saturated heterocycles. The quantitative estimate of drug-likeness (QED) is 0.247. The second-order valence-electron chi connectivity index (χ2n) is 9.86. The highest BCUT2D eigenvalue weighted by atomic mass is 14.2. The largest absolute Gasteiger partial charge is 0.0622 e. The van der Waals surface area contributed by atoms with Crippen molar-refractivity contribution >= 4 is 10.8 Å². The molecule has 1 aliphatic carbocycles. The third-order valence-corrected chi connectivity index (χ3v) is 7.69. The van der Waals surface area contributed by atoms with Crippen molar-refractivity contribution < 1.29 is 0 Å². The number of hydrogen-bond acceptors (Lipinski definition) is 0. The summed E-state index contributed by atoms with van der Waals surface area (Å²) in [6, 6.07) is 44.5. The van der Waals surface area contributed by atoms with E-state index in [0.29, 0.717) is 0 Å². The zero-order valence-electron chi connectivity index (χ0n) is 20.5. The molecule has 0 heteroatoms. The van der Waals surface area contributed by atoms with Crippen LogP contribution >= 0.6 is 0 Å². The first-order chi connectivity index (χ1) is 17.7. The van der Waals surface area contributed by atoms with Gasteiger partial charge in [0.1, 0.15) is 0 Å². The summed E-state index contributed by atoms with van der Waals surface area (Å²) in [5, 5.41) is 2.70. The number of rotatable bonds is 3. The first kappa shape index (κ1) is 20.9. The minimum absolute atomic E-state index is 1.26. The smallest absolute Gasteiger partial charge is 0.00201 e. The molecule has 0 nitrogen and oxygen atoms in total. The fourth-order valence-corrected chi connectivity index (χ4v) is 5.97. The Kier molecular flexibility index (Phi) is 4.69. The Bertz CT molecular complexity index is 1760. The van der Waals surface area contributed by atoms with E-state index in [9.17, 15) is 0 Å². The fraction of sp³-hybridized carbons (Fsp3) is 0.0556. The molecular formula is C36H26. The highest BCUT2D eigenvalue weighted by molar-refractivity contribution is 6.18. The molecule has 170 valence electrons. The van der Waals surface area contributed by atoms with E-state index in [1.807, 2.05) is 0 Å². The molecule has 0 fully saturated rings. The van der Waals surface area contributed by atoms with Crippen molar-refractivity contribution in [1.82, 2.24) is 0 Å². The minimum Gasteiger partial charge on any atom is -0.0622 e.